The third kappa shape index (κ3) is 3.51. The summed E-state index contributed by atoms with van der Waals surface area (Å²) in [6.07, 6.45) is 1.20. The van der Waals surface area contributed by atoms with E-state index >= 15 is 0 Å². The van der Waals surface area contributed by atoms with Gasteiger partial charge in [-0.2, -0.15) is 18.2 Å². The molecule has 0 aliphatic carbocycles. The maximum atomic E-state index is 13.4. The van der Waals surface area contributed by atoms with Crippen molar-refractivity contribution in [2.24, 2.45) is 0 Å². The highest BCUT2D eigenvalue weighted by Gasteiger charge is 2.37. The van der Waals surface area contributed by atoms with E-state index in [1.807, 2.05) is 4.90 Å². The van der Waals surface area contributed by atoms with Gasteiger partial charge in [0.25, 0.3) is 0 Å². The molecule has 2 aliphatic rings. The van der Waals surface area contributed by atoms with Crippen molar-refractivity contribution < 1.29 is 13.2 Å². The van der Waals surface area contributed by atoms with Gasteiger partial charge in [-0.05, 0) is 32.1 Å². The first-order chi connectivity index (χ1) is 13.3. The highest BCUT2D eigenvalue weighted by Crippen LogP contribution is 2.36. The number of alkyl halides is 3. The molecular formula is C18H24F3N7. The molecule has 2 aromatic heterocycles. The van der Waals surface area contributed by atoms with E-state index in [1.54, 1.807) is 19.0 Å². The Balaban J connectivity index is 1.76. The predicted molar refractivity (Wildman–Crippen MR) is 98.3 cm³/mol. The number of aromatic nitrogens is 5. The lowest BCUT2D eigenvalue weighted by Crippen LogP contribution is -2.37. The van der Waals surface area contributed by atoms with Gasteiger partial charge in [0.2, 0.25) is 5.95 Å². The number of halogens is 3. The minimum absolute atomic E-state index is 0.108. The predicted octanol–water partition coefficient (Wildman–Crippen LogP) is 3.22. The average molecular weight is 395 g/mol. The quantitative estimate of drug-likeness (QED) is 0.795. The Labute approximate surface area is 161 Å². The first-order valence-electron chi connectivity index (χ1n) is 9.67. The van der Waals surface area contributed by atoms with E-state index in [-0.39, 0.29) is 17.8 Å². The standard InChI is InChI=1S/C18H24F3N7/c1-26(2)15-11-13(18(19,20)21)22-17(23-15)27-9-5-3-7-12(27)16-25-24-14-8-4-6-10-28(14)16/h11-12H,3-10H2,1-2H3. The van der Waals surface area contributed by atoms with Crippen LogP contribution >= 0.6 is 0 Å². The molecule has 1 atom stereocenters. The molecule has 2 aromatic rings. The van der Waals surface area contributed by atoms with Gasteiger partial charge in [-0.25, -0.2) is 4.98 Å². The molecule has 0 saturated carbocycles. The van der Waals surface area contributed by atoms with Crippen molar-refractivity contribution in [2.75, 3.05) is 30.4 Å². The van der Waals surface area contributed by atoms with Crippen LogP contribution in [0.2, 0.25) is 0 Å². The van der Waals surface area contributed by atoms with Gasteiger partial charge in [-0.1, -0.05) is 0 Å². The third-order valence-corrected chi connectivity index (χ3v) is 5.40. The molecule has 0 N–H and O–H groups in total. The highest BCUT2D eigenvalue weighted by molar-refractivity contribution is 5.47. The molecule has 0 radical (unpaired) electrons. The summed E-state index contributed by atoms with van der Waals surface area (Å²) in [5.41, 5.74) is -0.922. The van der Waals surface area contributed by atoms with Crippen LogP contribution < -0.4 is 9.80 Å². The second-order valence-electron chi connectivity index (χ2n) is 7.59. The van der Waals surface area contributed by atoms with Crippen LogP contribution in [0.5, 0.6) is 0 Å². The van der Waals surface area contributed by atoms with E-state index in [4.69, 9.17) is 0 Å². The Hall–Kier alpha value is -2.39. The number of nitrogens with zero attached hydrogens (tertiary/aromatic N) is 7. The van der Waals surface area contributed by atoms with E-state index < -0.39 is 11.9 Å². The summed E-state index contributed by atoms with van der Waals surface area (Å²) in [7, 11) is 3.35. The lowest BCUT2D eigenvalue weighted by molar-refractivity contribution is -0.141. The maximum Gasteiger partial charge on any atom is 0.433 e. The number of anilines is 2. The van der Waals surface area contributed by atoms with E-state index in [0.717, 1.165) is 62.8 Å². The van der Waals surface area contributed by atoms with Crippen LogP contribution in [-0.2, 0) is 19.1 Å². The molecule has 0 amide bonds. The van der Waals surface area contributed by atoms with E-state index in [0.29, 0.717) is 6.54 Å². The van der Waals surface area contributed by atoms with Gasteiger partial charge in [0.05, 0.1) is 6.04 Å². The summed E-state index contributed by atoms with van der Waals surface area (Å²) in [5, 5.41) is 8.73. The van der Waals surface area contributed by atoms with Crippen LogP contribution in [0.3, 0.4) is 0 Å². The number of fused-ring (bicyclic) bond motifs is 1. The van der Waals surface area contributed by atoms with Crippen LogP contribution in [0, 0.1) is 0 Å². The van der Waals surface area contributed by atoms with Crippen molar-refractivity contribution in [1.82, 2.24) is 24.7 Å². The van der Waals surface area contributed by atoms with E-state index in [9.17, 15) is 13.2 Å². The van der Waals surface area contributed by atoms with Gasteiger partial charge in [0.15, 0.2) is 11.5 Å². The van der Waals surface area contributed by atoms with Crippen LogP contribution in [0.4, 0.5) is 24.9 Å². The van der Waals surface area contributed by atoms with E-state index in [2.05, 4.69) is 24.7 Å². The molecule has 7 nitrogen and oxygen atoms in total. The van der Waals surface area contributed by atoms with Crippen LogP contribution in [0.1, 0.15) is 55.5 Å². The number of hydrogen-bond donors (Lipinski definition) is 0. The molecule has 1 saturated heterocycles. The van der Waals surface area contributed by atoms with Crippen LogP contribution in [0.15, 0.2) is 6.07 Å². The molecule has 152 valence electrons. The molecule has 4 rings (SSSR count). The second-order valence-corrected chi connectivity index (χ2v) is 7.59. The third-order valence-electron chi connectivity index (χ3n) is 5.40. The van der Waals surface area contributed by atoms with Crippen molar-refractivity contribution in [1.29, 1.82) is 0 Å². The molecule has 0 bridgehead atoms. The lowest BCUT2D eigenvalue weighted by atomic mass is 10.0. The summed E-state index contributed by atoms with van der Waals surface area (Å²) in [6.45, 7) is 1.45. The first-order valence-corrected chi connectivity index (χ1v) is 9.67. The Morgan fingerprint density at radius 2 is 1.82 bits per heavy atom. The molecule has 28 heavy (non-hydrogen) atoms. The van der Waals surface area contributed by atoms with Crippen LogP contribution in [0.25, 0.3) is 0 Å². The molecule has 4 heterocycles. The van der Waals surface area contributed by atoms with Crippen molar-refractivity contribution >= 4 is 11.8 Å². The summed E-state index contributed by atoms with van der Waals surface area (Å²) in [6, 6.07) is 0.827. The Kier molecular flexibility index (Phi) is 4.88. The minimum atomic E-state index is -4.53. The summed E-state index contributed by atoms with van der Waals surface area (Å²) in [4.78, 5) is 11.8. The fourth-order valence-electron chi connectivity index (χ4n) is 3.94. The monoisotopic (exact) mass is 395 g/mol. The number of piperidine rings is 1. The second kappa shape index (κ2) is 7.21. The molecule has 10 heteroatoms. The topological polar surface area (TPSA) is 63.0 Å². The van der Waals surface area contributed by atoms with Gasteiger partial charge >= 0.3 is 6.18 Å². The Morgan fingerprint density at radius 3 is 2.57 bits per heavy atom. The maximum absolute atomic E-state index is 13.4. The molecule has 1 fully saturated rings. The largest absolute Gasteiger partial charge is 0.433 e. The molecule has 1 unspecified atom stereocenters. The van der Waals surface area contributed by atoms with Crippen LogP contribution in [-0.4, -0.2) is 45.4 Å². The number of hydrogen-bond acceptors (Lipinski definition) is 6. The molecule has 2 aliphatic heterocycles. The number of rotatable bonds is 3. The van der Waals surface area contributed by atoms with Crippen molar-refractivity contribution in [2.45, 2.75) is 57.3 Å². The van der Waals surface area contributed by atoms with Crippen molar-refractivity contribution in [3.8, 4) is 0 Å². The van der Waals surface area contributed by atoms with E-state index in [1.165, 1.54) is 0 Å². The fourth-order valence-corrected chi connectivity index (χ4v) is 3.94. The zero-order chi connectivity index (χ0) is 19.9. The highest BCUT2D eigenvalue weighted by atomic mass is 19.4. The number of aryl methyl sites for hydroxylation is 1. The zero-order valence-corrected chi connectivity index (χ0v) is 16.1. The van der Waals surface area contributed by atoms with Crippen molar-refractivity contribution in [3.63, 3.8) is 0 Å². The molecular weight excluding hydrogens is 371 g/mol. The van der Waals surface area contributed by atoms with Gasteiger partial charge in [-0.3, -0.25) is 0 Å². The first kappa shape index (κ1) is 18.9. The summed E-state index contributed by atoms with van der Waals surface area (Å²) >= 11 is 0. The molecule has 0 spiro atoms. The normalized spacial score (nSPS) is 20.2. The zero-order valence-electron chi connectivity index (χ0n) is 16.1. The van der Waals surface area contributed by atoms with Crippen molar-refractivity contribution in [3.05, 3.63) is 23.4 Å². The average Bonchev–Trinajstić information content (AvgIpc) is 3.11. The lowest BCUT2D eigenvalue weighted by Gasteiger charge is -2.36. The summed E-state index contributed by atoms with van der Waals surface area (Å²) in [5.74, 6) is 2.13. The minimum Gasteiger partial charge on any atom is -0.363 e. The SMILES string of the molecule is CN(C)c1cc(C(F)(F)F)nc(N2CCCCC2c2nnc3n2CCCC3)n1. The van der Waals surface area contributed by atoms with Gasteiger partial charge < -0.3 is 14.4 Å². The Bertz CT molecular complexity index is 846. The van der Waals surface area contributed by atoms with Gasteiger partial charge in [0, 0.05) is 39.7 Å². The fraction of sp³-hybridized carbons (Fsp3) is 0.667. The Morgan fingerprint density at radius 1 is 1.04 bits per heavy atom. The summed E-state index contributed by atoms with van der Waals surface area (Å²) < 4.78 is 42.4. The van der Waals surface area contributed by atoms with Gasteiger partial charge in [0.1, 0.15) is 11.6 Å². The smallest absolute Gasteiger partial charge is 0.363 e. The molecule has 0 aromatic carbocycles. The van der Waals surface area contributed by atoms with Gasteiger partial charge in [-0.15, -0.1) is 10.2 Å².